The summed E-state index contributed by atoms with van der Waals surface area (Å²) in [6.07, 6.45) is -0.179. The van der Waals surface area contributed by atoms with Gasteiger partial charge in [-0.25, -0.2) is 0 Å². The highest BCUT2D eigenvalue weighted by Gasteiger charge is 2.13. The Labute approximate surface area is 168 Å². The molecule has 2 N–H and O–H groups in total. The van der Waals surface area contributed by atoms with Gasteiger partial charge in [-0.1, -0.05) is 29.3 Å². The van der Waals surface area contributed by atoms with Gasteiger partial charge in [0.05, 0.1) is 19.2 Å². The zero-order valence-electron chi connectivity index (χ0n) is 15.6. The smallest absolute Gasteiger partial charge is 0.306 e. The van der Waals surface area contributed by atoms with Crippen LogP contribution < -0.4 is 15.4 Å². The zero-order valence-corrected chi connectivity index (χ0v) is 16.3. The minimum Gasteiger partial charge on any atom is -0.495 e. The van der Waals surface area contributed by atoms with E-state index in [-0.39, 0.29) is 18.7 Å². The molecule has 0 spiro atoms. The van der Waals surface area contributed by atoms with E-state index in [2.05, 4.69) is 10.6 Å². The summed E-state index contributed by atoms with van der Waals surface area (Å²) >= 11 is 5.89. The van der Waals surface area contributed by atoms with Gasteiger partial charge in [-0.2, -0.15) is 0 Å². The molecule has 0 atom stereocenters. The van der Waals surface area contributed by atoms with E-state index in [4.69, 9.17) is 21.1 Å². The van der Waals surface area contributed by atoms with Crippen LogP contribution in [0.4, 0.5) is 11.4 Å². The van der Waals surface area contributed by atoms with Gasteiger partial charge in [-0.15, -0.1) is 0 Å². The van der Waals surface area contributed by atoms with Gasteiger partial charge < -0.3 is 20.1 Å². The van der Waals surface area contributed by atoms with E-state index in [1.807, 2.05) is 19.1 Å². The van der Waals surface area contributed by atoms with Crippen molar-refractivity contribution in [3.8, 4) is 5.75 Å². The standard InChI is InChI=1S/C20H21ClN2O5/c1-13-3-6-15(7-4-13)22-18(24)9-10-20(26)28-12-19(25)23-16-11-14(21)5-8-17(16)27-2/h3-8,11H,9-10,12H2,1-2H3,(H,22,24)(H,23,25). The van der Waals surface area contributed by atoms with Crippen LogP contribution in [0.15, 0.2) is 42.5 Å². The molecule has 0 heterocycles. The number of halogens is 1. The molecule has 0 aliphatic heterocycles. The average Bonchev–Trinajstić information content (AvgIpc) is 2.67. The van der Waals surface area contributed by atoms with E-state index >= 15 is 0 Å². The second kappa shape index (κ2) is 10.3. The summed E-state index contributed by atoms with van der Waals surface area (Å²) in [4.78, 5) is 35.5. The fraction of sp³-hybridized carbons (Fsp3) is 0.250. The topological polar surface area (TPSA) is 93.7 Å². The maximum atomic E-state index is 11.9. The number of nitrogens with one attached hydrogen (secondary N) is 2. The molecule has 2 rings (SSSR count). The Balaban J connectivity index is 1.73. The third-order valence-corrected chi connectivity index (χ3v) is 3.93. The molecule has 0 aromatic heterocycles. The molecule has 0 fully saturated rings. The molecule has 8 heteroatoms. The number of hydrogen-bond acceptors (Lipinski definition) is 5. The molecule has 0 radical (unpaired) electrons. The summed E-state index contributed by atoms with van der Waals surface area (Å²) in [7, 11) is 1.46. The van der Waals surface area contributed by atoms with Gasteiger partial charge in [0.15, 0.2) is 6.61 Å². The molecule has 2 aromatic carbocycles. The average molecular weight is 405 g/mol. The molecule has 0 aliphatic rings. The van der Waals surface area contributed by atoms with E-state index in [0.717, 1.165) is 5.56 Å². The van der Waals surface area contributed by atoms with Crippen LogP contribution >= 0.6 is 11.6 Å². The van der Waals surface area contributed by atoms with Crippen molar-refractivity contribution in [3.63, 3.8) is 0 Å². The highest BCUT2D eigenvalue weighted by Crippen LogP contribution is 2.27. The van der Waals surface area contributed by atoms with Crippen LogP contribution in [0, 0.1) is 6.92 Å². The van der Waals surface area contributed by atoms with Crippen LogP contribution in [-0.4, -0.2) is 31.5 Å². The first-order valence-electron chi connectivity index (χ1n) is 8.53. The number of aryl methyl sites for hydroxylation is 1. The van der Waals surface area contributed by atoms with Crippen molar-refractivity contribution >= 4 is 40.8 Å². The minimum absolute atomic E-state index is 0.0452. The van der Waals surface area contributed by atoms with Crippen LogP contribution in [0.25, 0.3) is 0 Å². The largest absolute Gasteiger partial charge is 0.495 e. The summed E-state index contributed by atoms with van der Waals surface area (Å²) in [5.74, 6) is -1.07. The molecule has 0 saturated carbocycles. The summed E-state index contributed by atoms with van der Waals surface area (Å²) < 4.78 is 10.0. The van der Waals surface area contributed by atoms with E-state index in [1.165, 1.54) is 13.2 Å². The number of amides is 2. The molecule has 0 saturated heterocycles. The number of ether oxygens (including phenoxy) is 2. The van der Waals surface area contributed by atoms with Crippen molar-refractivity contribution in [2.75, 3.05) is 24.4 Å². The van der Waals surface area contributed by atoms with Gasteiger partial charge in [-0.3, -0.25) is 14.4 Å². The fourth-order valence-electron chi connectivity index (χ4n) is 2.26. The molecule has 0 aliphatic carbocycles. The molecule has 28 heavy (non-hydrogen) atoms. The molecule has 0 unspecified atom stereocenters. The van der Waals surface area contributed by atoms with Crippen molar-refractivity contribution in [2.24, 2.45) is 0 Å². The van der Waals surface area contributed by atoms with Crippen molar-refractivity contribution < 1.29 is 23.9 Å². The van der Waals surface area contributed by atoms with Gasteiger partial charge in [0.2, 0.25) is 5.91 Å². The molecule has 0 bridgehead atoms. The number of anilines is 2. The van der Waals surface area contributed by atoms with Gasteiger partial charge >= 0.3 is 5.97 Å². The number of rotatable bonds is 8. The van der Waals surface area contributed by atoms with Crippen LogP contribution in [0.1, 0.15) is 18.4 Å². The molecular weight excluding hydrogens is 384 g/mol. The summed E-state index contributed by atoms with van der Waals surface area (Å²) in [6.45, 7) is 1.47. The van der Waals surface area contributed by atoms with Gasteiger partial charge in [0.1, 0.15) is 5.75 Å². The van der Waals surface area contributed by atoms with Gasteiger partial charge in [0.25, 0.3) is 5.91 Å². The van der Waals surface area contributed by atoms with Crippen LogP contribution in [-0.2, 0) is 19.1 Å². The van der Waals surface area contributed by atoms with E-state index in [0.29, 0.717) is 22.1 Å². The second-order valence-corrected chi connectivity index (χ2v) is 6.40. The number of benzene rings is 2. The quantitative estimate of drug-likeness (QED) is 0.656. The highest BCUT2D eigenvalue weighted by atomic mass is 35.5. The second-order valence-electron chi connectivity index (χ2n) is 5.97. The number of hydrogen-bond donors (Lipinski definition) is 2. The van der Waals surface area contributed by atoms with Crippen molar-refractivity contribution in [1.29, 1.82) is 0 Å². The predicted octanol–water partition coefficient (Wildman–Crippen LogP) is 3.56. The molecule has 148 valence electrons. The summed E-state index contributed by atoms with van der Waals surface area (Å²) in [5.41, 5.74) is 2.10. The molecule has 2 aromatic rings. The normalized spacial score (nSPS) is 10.1. The fourth-order valence-corrected chi connectivity index (χ4v) is 2.43. The lowest BCUT2D eigenvalue weighted by atomic mass is 10.2. The van der Waals surface area contributed by atoms with Gasteiger partial charge in [0, 0.05) is 17.1 Å². The van der Waals surface area contributed by atoms with Crippen LogP contribution in [0.2, 0.25) is 5.02 Å². The first-order valence-corrected chi connectivity index (χ1v) is 8.90. The van der Waals surface area contributed by atoms with E-state index in [1.54, 1.807) is 24.3 Å². The highest BCUT2D eigenvalue weighted by molar-refractivity contribution is 6.31. The maximum Gasteiger partial charge on any atom is 0.306 e. The number of carbonyl (C=O) groups is 3. The van der Waals surface area contributed by atoms with E-state index in [9.17, 15) is 14.4 Å². The Kier molecular flexibility index (Phi) is 7.83. The minimum atomic E-state index is -0.646. The molecule has 2 amide bonds. The zero-order chi connectivity index (χ0) is 20.5. The first-order chi connectivity index (χ1) is 13.4. The Morgan fingerprint density at radius 3 is 2.36 bits per heavy atom. The van der Waals surface area contributed by atoms with Crippen molar-refractivity contribution in [1.82, 2.24) is 0 Å². The van der Waals surface area contributed by atoms with Crippen molar-refractivity contribution in [2.45, 2.75) is 19.8 Å². The Morgan fingerprint density at radius 2 is 1.68 bits per heavy atom. The lowest BCUT2D eigenvalue weighted by molar-refractivity contribution is -0.147. The lowest BCUT2D eigenvalue weighted by Crippen LogP contribution is -2.22. The molecular formula is C20H21ClN2O5. The third-order valence-electron chi connectivity index (χ3n) is 3.69. The predicted molar refractivity (Wildman–Crippen MR) is 107 cm³/mol. The Bertz CT molecular complexity index is 852. The van der Waals surface area contributed by atoms with E-state index < -0.39 is 18.5 Å². The van der Waals surface area contributed by atoms with Gasteiger partial charge in [-0.05, 0) is 37.3 Å². The Hall–Kier alpha value is -3.06. The SMILES string of the molecule is COc1ccc(Cl)cc1NC(=O)COC(=O)CCC(=O)Nc1ccc(C)cc1. The van der Waals surface area contributed by atoms with Crippen molar-refractivity contribution in [3.05, 3.63) is 53.1 Å². The number of methoxy groups -OCH3 is 1. The third kappa shape index (κ3) is 6.92. The van der Waals surface area contributed by atoms with Crippen LogP contribution in [0.3, 0.4) is 0 Å². The monoisotopic (exact) mass is 404 g/mol. The number of esters is 1. The Morgan fingerprint density at radius 1 is 0.964 bits per heavy atom. The number of carbonyl (C=O) groups excluding carboxylic acids is 3. The maximum absolute atomic E-state index is 11.9. The lowest BCUT2D eigenvalue weighted by Gasteiger charge is -2.11. The first kappa shape index (κ1) is 21.2. The summed E-state index contributed by atoms with van der Waals surface area (Å²) in [5, 5.41) is 5.67. The summed E-state index contributed by atoms with van der Waals surface area (Å²) in [6, 6.07) is 12.1. The van der Waals surface area contributed by atoms with Crippen LogP contribution in [0.5, 0.6) is 5.75 Å². The molecule has 7 nitrogen and oxygen atoms in total.